The van der Waals surface area contributed by atoms with Gasteiger partial charge in [-0.05, 0) is 35.6 Å². The van der Waals surface area contributed by atoms with Crippen LogP contribution in [0.3, 0.4) is 0 Å². The Bertz CT molecular complexity index is 1070. The zero-order chi connectivity index (χ0) is 19.0. The van der Waals surface area contributed by atoms with E-state index >= 15 is 0 Å². The molecule has 2 aromatic heterocycles. The van der Waals surface area contributed by atoms with E-state index in [0.29, 0.717) is 0 Å². The maximum atomic E-state index is 4.53. The first-order valence-electron chi connectivity index (χ1n) is 9.08. The number of hydrogen-bond donors (Lipinski definition) is 1. The van der Waals surface area contributed by atoms with Gasteiger partial charge in [0.2, 0.25) is 0 Å². The van der Waals surface area contributed by atoms with Crippen molar-refractivity contribution < 1.29 is 0 Å². The number of nitrogens with zero attached hydrogens (tertiary/aromatic N) is 2. The number of aryl methyl sites for hydroxylation is 1. The Morgan fingerprint density at radius 2 is 1.59 bits per heavy atom. The van der Waals surface area contributed by atoms with Gasteiger partial charge in [0.25, 0.3) is 0 Å². The summed E-state index contributed by atoms with van der Waals surface area (Å²) >= 11 is 1.65. The van der Waals surface area contributed by atoms with E-state index in [9.17, 15) is 0 Å². The molecule has 4 aromatic rings. The summed E-state index contributed by atoms with van der Waals surface area (Å²) in [6.07, 6.45) is 1.63. The third-order valence-electron chi connectivity index (χ3n) is 4.75. The van der Waals surface area contributed by atoms with Gasteiger partial charge >= 0.3 is 0 Å². The molecule has 3 nitrogen and oxygen atoms in total. The first-order chi connectivity index (χ1) is 12.9. The number of nitrogens with one attached hydrogen (secondary N) is 1. The molecule has 0 spiro atoms. The molecule has 0 radical (unpaired) electrons. The van der Waals surface area contributed by atoms with E-state index in [1.807, 2.05) is 0 Å². The van der Waals surface area contributed by atoms with Crippen molar-refractivity contribution in [3.05, 3.63) is 71.4 Å². The highest BCUT2D eigenvalue weighted by atomic mass is 32.1. The van der Waals surface area contributed by atoms with Crippen LogP contribution < -0.4 is 5.32 Å². The highest BCUT2D eigenvalue weighted by Crippen LogP contribution is 2.37. The number of fused-ring (bicyclic) bond motifs is 1. The van der Waals surface area contributed by atoms with Crippen LogP contribution in [0.25, 0.3) is 21.3 Å². The maximum Gasteiger partial charge on any atom is 0.143 e. The van der Waals surface area contributed by atoms with Gasteiger partial charge in [0, 0.05) is 16.6 Å². The van der Waals surface area contributed by atoms with E-state index in [1.54, 1.807) is 17.7 Å². The topological polar surface area (TPSA) is 37.8 Å². The van der Waals surface area contributed by atoms with Gasteiger partial charge in [-0.25, -0.2) is 9.97 Å². The standard InChI is InChI=1S/C23H23N3S/c1-15-5-7-16(8-6-15)19-13-27-22-20(19)21(24-14-25-22)26-18-11-9-17(10-12-18)23(2,3)4/h5-14H,1-4H3,(H,24,25,26). The van der Waals surface area contributed by atoms with Gasteiger partial charge in [0.05, 0.1) is 5.39 Å². The van der Waals surface area contributed by atoms with Crippen molar-refractivity contribution >= 4 is 33.1 Å². The Kier molecular flexibility index (Phi) is 4.44. The molecule has 2 aromatic carbocycles. The fourth-order valence-electron chi connectivity index (χ4n) is 3.11. The van der Waals surface area contributed by atoms with Crippen molar-refractivity contribution in [3.63, 3.8) is 0 Å². The molecule has 0 unspecified atom stereocenters. The SMILES string of the molecule is Cc1ccc(-c2csc3ncnc(Nc4ccc(C(C)(C)C)cc4)c23)cc1. The van der Waals surface area contributed by atoms with Gasteiger partial charge in [0.15, 0.2) is 0 Å². The summed E-state index contributed by atoms with van der Waals surface area (Å²) in [4.78, 5) is 9.99. The largest absolute Gasteiger partial charge is 0.340 e. The fourth-order valence-corrected chi connectivity index (χ4v) is 4.02. The maximum absolute atomic E-state index is 4.53. The van der Waals surface area contributed by atoms with Gasteiger partial charge in [-0.15, -0.1) is 11.3 Å². The average Bonchev–Trinajstić information content (AvgIpc) is 3.07. The Morgan fingerprint density at radius 1 is 0.889 bits per heavy atom. The third kappa shape index (κ3) is 3.58. The van der Waals surface area contributed by atoms with Crippen molar-refractivity contribution in [3.8, 4) is 11.1 Å². The van der Waals surface area contributed by atoms with Crippen molar-refractivity contribution in [2.24, 2.45) is 0 Å². The van der Waals surface area contributed by atoms with E-state index in [0.717, 1.165) is 21.7 Å². The normalized spacial score (nSPS) is 11.7. The van der Waals surface area contributed by atoms with Crippen molar-refractivity contribution in [2.45, 2.75) is 33.1 Å². The molecule has 27 heavy (non-hydrogen) atoms. The Hall–Kier alpha value is -2.72. The van der Waals surface area contributed by atoms with Crippen molar-refractivity contribution in [1.82, 2.24) is 9.97 Å². The van der Waals surface area contributed by atoms with E-state index in [-0.39, 0.29) is 5.41 Å². The van der Waals surface area contributed by atoms with E-state index < -0.39 is 0 Å². The molecule has 4 heteroatoms. The molecular weight excluding hydrogens is 350 g/mol. The Morgan fingerprint density at radius 3 is 2.26 bits per heavy atom. The van der Waals surface area contributed by atoms with Crippen LogP contribution in [0.1, 0.15) is 31.9 Å². The predicted octanol–water partition coefficient (Wildman–Crippen LogP) is 6.71. The summed E-state index contributed by atoms with van der Waals surface area (Å²) in [7, 11) is 0. The van der Waals surface area contributed by atoms with Gasteiger partial charge < -0.3 is 5.32 Å². The molecule has 2 heterocycles. The molecule has 0 aliphatic carbocycles. The lowest BCUT2D eigenvalue weighted by molar-refractivity contribution is 0.590. The summed E-state index contributed by atoms with van der Waals surface area (Å²) in [5.74, 6) is 0.848. The third-order valence-corrected chi connectivity index (χ3v) is 5.63. The summed E-state index contributed by atoms with van der Waals surface area (Å²) in [6.45, 7) is 8.78. The molecule has 0 bridgehead atoms. The smallest absolute Gasteiger partial charge is 0.143 e. The monoisotopic (exact) mass is 373 g/mol. The van der Waals surface area contributed by atoms with Crippen LogP contribution in [0, 0.1) is 6.92 Å². The van der Waals surface area contributed by atoms with E-state index in [1.165, 1.54) is 22.3 Å². The first-order valence-corrected chi connectivity index (χ1v) is 9.96. The molecule has 0 aliphatic heterocycles. The van der Waals surface area contributed by atoms with Gasteiger partial charge in [-0.2, -0.15) is 0 Å². The van der Waals surface area contributed by atoms with Crippen LogP contribution >= 0.6 is 11.3 Å². The molecular formula is C23H23N3S. The van der Waals surface area contributed by atoms with Crippen LogP contribution in [0.2, 0.25) is 0 Å². The number of aromatic nitrogens is 2. The highest BCUT2D eigenvalue weighted by molar-refractivity contribution is 7.17. The second-order valence-corrected chi connectivity index (χ2v) is 8.73. The van der Waals surface area contributed by atoms with Crippen LogP contribution in [-0.4, -0.2) is 9.97 Å². The minimum atomic E-state index is 0.146. The molecule has 1 N–H and O–H groups in total. The number of hydrogen-bond acceptors (Lipinski definition) is 4. The van der Waals surface area contributed by atoms with Crippen LogP contribution in [0.4, 0.5) is 11.5 Å². The molecule has 0 saturated carbocycles. The minimum absolute atomic E-state index is 0.146. The lowest BCUT2D eigenvalue weighted by Crippen LogP contribution is -2.10. The average molecular weight is 374 g/mol. The lowest BCUT2D eigenvalue weighted by atomic mass is 9.87. The van der Waals surface area contributed by atoms with Crippen LogP contribution in [-0.2, 0) is 5.41 Å². The zero-order valence-corrected chi connectivity index (χ0v) is 16.9. The van der Waals surface area contributed by atoms with Gasteiger partial charge in [0.1, 0.15) is 17.0 Å². The van der Waals surface area contributed by atoms with Gasteiger partial charge in [-0.3, -0.25) is 0 Å². The number of rotatable bonds is 3. The summed E-state index contributed by atoms with van der Waals surface area (Å²) in [5, 5.41) is 6.73. The van der Waals surface area contributed by atoms with Crippen molar-refractivity contribution in [2.75, 3.05) is 5.32 Å². The van der Waals surface area contributed by atoms with Crippen LogP contribution in [0.15, 0.2) is 60.2 Å². The number of thiophene rings is 1. The highest BCUT2D eigenvalue weighted by Gasteiger charge is 2.15. The summed E-state index contributed by atoms with van der Waals surface area (Å²) in [5.41, 5.74) is 6.11. The summed E-state index contributed by atoms with van der Waals surface area (Å²) < 4.78 is 0. The second kappa shape index (κ2) is 6.78. The number of benzene rings is 2. The fraction of sp³-hybridized carbons (Fsp3) is 0.217. The molecule has 136 valence electrons. The Balaban J connectivity index is 1.74. The molecule has 4 rings (SSSR count). The van der Waals surface area contributed by atoms with E-state index in [2.05, 4.69) is 96.9 Å². The molecule has 0 atom stereocenters. The minimum Gasteiger partial charge on any atom is -0.340 e. The molecule has 0 saturated heterocycles. The van der Waals surface area contributed by atoms with E-state index in [4.69, 9.17) is 0 Å². The first kappa shape index (κ1) is 17.7. The van der Waals surface area contributed by atoms with Gasteiger partial charge in [-0.1, -0.05) is 62.7 Å². The predicted molar refractivity (Wildman–Crippen MR) is 116 cm³/mol. The zero-order valence-electron chi connectivity index (χ0n) is 16.1. The number of anilines is 2. The second-order valence-electron chi connectivity index (χ2n) is 7.87. The quantitative estimate of drug-likeness (QED) is 0.434. The van der Waals surface area contributed by atoms with Crippen molar-refractivity contribution in [1.29, 1.82) is 0 Å². The lowest BCUT2D eigenvalue weighted by Gasteiger charge is -2.19. The molecule has 0 aliphatic rings. The Labute approximate surface area is 164 Å². The summed E-state index contributed by atoms with van der Waals surface area (Å²) in [6, 6.07) is 17.2. The molecule has 0 fully saturated rings. The molecule has 0 amide bonds. The van der Waals surface area contributed by atoms with Crippen LogP contribution in [0.5, 0.6) is 0 Å².